The number of halogens is 2. The van der Waals surface area contributed by atoms with Crippen LogP contribution in [0, 0.1) is 5.92 Å². The fraction of sp³-hybridized carbons (Fsp3) is 0.333. The fourth-order valence-electron chi connectivity index (χ4n) is 3.62. The van der Waals surface area contributed by atoms with Gasteiger partial charge in [-0.25, -0.2) is 14.0 Å². The molecule has 1 aliphatic rings. The Morgan fingerprint density at radius 2 is 1.54 bits per heavy atom. The van der Waals surface area contributed by atoms with E-state index in [0.29, 0.717) is 12.5 Å². The van der Waals surface area contributed by atoms with Crippen LogP contribution in [0.5, 0.6) is 0 Å². The van der Waals surface area contributed by atoms with Crippen molar-refractivity contribution in [2.45, 2.75) is 25.8 Å². The average molecular weight is 421 g/mol. The second-order valence-corrected chi connectivity index (χ2v) is 6.91. The zero-order valence-electron chi connectivity index (χ0n) is 15.7. The molecule has 1 fully saturated rings. The molecule has 0 bridgehead atoms. The standard InChI is InChI=1S/C21H24N4O.2ClH/c26-21-24(16-18-7-3-1-4-8-18)23-20(15-17-11-13-22-14-12-17)25(21)19-9-5-2-6-10-19;;/h1-10,17,22H,11-16H2;2*1H. The predicted octanol–water partition coefficient (Wildman–Crippen LogP) is 3.47. The molecule has 0 aliphatic carbocycles. The summed E-state index contributed by atoms with van der Waals surface area (Å²) in [5.41, 5.74) is 1.91. The molecule has 0 saturated carbocycles. The van der Waals surface area contributed by atoms with Gasteiger partial charge < -0.3 is 5.32 Å². The van der Waals surface area contributed by atoms with Gasteiger partial charge in [-0.15, -0.1) is 24.8 Å². The Bertz CT molecular complexity index is 903. The summed E-state index contributed by atoms with van der Waals surface area (Å²) in [5.74, 6) is 1.44. The highest BCUT2D eigenvalue weighted by Gasteiger charge is 2.20. The van der Waals surface area contributed by atoms with Crippen LogP contribution >= 0.6 is 24.8 Å². The van der Waals surface area contributed by atoms with Crippen LogP contribution in [0.2, 0.25) is 0 Å². The quantitative estimate of drug-likeness (QED) is 0.687. The third-order valence-corrected chi connectivity index (χ3v) is 5.03. The molecule has 150 valence electrons. The molecule has 28 heavy (non-hydrogen) atoms. The number of aromatic nitrogens is 3. The monoisotopic (exact) mass is 420 g/mol. The van der Waals surface area contributed by atoms with Crippen LogP contribution < -0.4 is 11.0 Å². The summed E-state index contributed by atoms with van der Waals surface area (Å²) in [7, 11) is 0. The first-order chi connectivity index (χ1) is 12.8. The van der Waals surface area contributed by atoms with Gasteiger partial charge in [0, 0.05) is 6.42 Å². The zero-order chi connectivity index (χ0) is 17.8. The topological polar surface area (TPSA) is 51.9 Å². The van der Waals surface area contributed by atoms with Crippen LogP contribution in [0.3, 0.4) is 0 Å². The van der Waals surface area contributed by atoms with E-state index < -0.39 is 0 Å². The zero-order valence-corrected chi connectivity index (χ0v) is 17.3. The first-order valence-electron chi connectivity index (χ1n) is 9.30. The van der Waals surface area contributed by atoms with E-state index in [2.05, 4.69) is 5.32 Å². The summed E-state index contributed by atoms with van der Waals surface area (Å²) >= 11 is 0. The van der Waals surface area contributed by atoms with Gasteiger partial charge >= 0.3 is 5.69 Å². The minimum Gasteiger partial charge on any atom is -0.317 e. The molecule has 3 aromatic rings. The van der Waals surface area contributed by atoms with Gasteiger partial charge in [0.05, 0.1) is 12.2 Å². The van der Waals surface area contributed by atoms with E-state index in [9.17, 15) is 4.79 Å². The third kappa shape index (κ3) is 5.04. The molecule has 0 atom stereocenters. The normalized spacial score (nSPS) is 14.1. The van der Waals surface area contributed by atoms with Gasteiger partial charge in [-0.1, -0.05) is 48.5 Å². The van der Waals surface area contributed by atoms with Gasteiger partial charge in [0.15, 0.2) is 0 Å². The van der Waals surface area contributed by atoms with Crippen molar-refractivity contribution in [1.82, 2.24) is 19.7 Å². The van der Waals surface area contributed by atoms with E-state index in [0.717, 1.165) is 49.4 Å². The van der Waals surface area contributed by atoms with E-state index in [1.165, 1.54) is 0 Å². The lowest BCUT2D eigenvalue weighted by atomic mass is 9.94. The summed E-state index contributed by atoms with van der Waals surface area (Å²) in [6, 6.07) is 19.9. The van der Waals surface area contributed by atoms with Crippen LogP contribution in [0.4, 0.5) is 0 Å². The van der Waals surface area contributed by atoms with E-state index in [1.54, 1.807) is 9.25 Å². The van der Waals surface area contributed by atoms with Crippen molar-refractivity contribution in [3.63, 3.8) is 0 Å². The van der Waals surface area contributed by atoms with Crippen molar-refractivity contribution in [2.75, 3.05) is 13.1 Å². The van der Waals surface area contributed by atoms with Crippen molar-refractivity contribution < 1.29 is 0 Å². The van der Waals surface area contributed by atoms with Crippen LogP contribution in [0.15, 0.2) is 65.5 Å². The second kappa shape index (κ2) is 10.5. The fourth-order valence-corrected chi connectivity index (χ4v) is 3.62. The number of piperidine rings is 1. The van der Waals surface area contributed by atoms with Crippen molar-refractivity contribution in [2.24, 2.45) is 5.92 Å². The SMILES string of the molecule is Cl.Cl.O=c1n(Cc2ccccc2)nc(CC2CCNCC2)n1-c1ccccc1. The van der Waals surface area contributed by atoms with Crippen molar-refractivity contribution in [1.29, 1.82) is 0 Å². The summed E-state index contributed by atoms with van der Waals surface area (Å²) in [4.78, 5) is 13.1. The molecular formula is C21H26Cl2N4O. The maximum atomic E-state index is 13.1. The summed E-state index contributed by atoms with van der Waals surface area (Å²) in [5, 5.41) is 8.12. The molecular weight excluding hydrogens is 395 g/mol. The second-order valence-electron chi connectivity index (χ2n) is 6.91. The lowest BCUT2D eigenvalue weighted by Crippen LogP contribution is -2.29. The Hall–Kier alpha value is -2.08. The lowest BCUT2D eigenvalue weighted by molar-refractivity contribution is 0.365. The summed E-state index contributed by atoms with van der Waals surface area (Å²) < 4.78 is 3.38. The maximum absolute atomic E-state index is 13.1. The molecule has 5 nitrogen and oxygen atoms in total. The highest BCUT2D eigenvalue weighted by molar-refractivity contribution is 5.85. The van der Waals surface area contributed by atoms with E-state index in [4.69, 9.17) is 5.10 Å². The maximum Gasteiger partial charge on any atom is 0.350 e. The summed E-state index contributed by atoms with van der Waals surface area (Å²) in [6.07, 6.45) is 3.11. The van der Waals surface area contributed by atoms with Crippen molar-refractivity contribution >= 4 is 24.8 Å². The molecule has 0 spiro atoms. The molecule has 1 aromatic heterocycles. The molecule has 1 N–H and O–H groups in total. The number of hydrogen-bond donors (Lipinski definition) is 1. The Morgan fingerprint density at radius 3 is 2.18 bits per heavy atom. The lowest BCUT2D eigenvalue weighted by Gasteiger charge is -2.22. The summed E-state index contributed by atoms with van der Waals surface area (Å²) in [6.45, 7) is 2.59. The van der Waals surface area contributed by atoms with Gasteiger partial charge in [-0.2, -0.15) is 5.10 Å². The van der Waals surface area contributed by atoms with Gasteiger partial charge in [-0.3, -0.25) is 0 Å². The van der Waals surface area contributed by atoms with Gasteiger partial charge in [0.25, 0.3) is 0 Å². The van der Waals surface area contributed by atoms with Crippen molar-refractivity contribution in [3.05, 3.63) is 82.5 Å². The Morgan fingerprint density at radius 1 is 0.929 bits per heavy atom. The van der Waals surface area contributed by atoms with E-state index in [1.807, 2.05) is 60.7 Å². The number of benzene rings is 2. The predicted molar refractivity (Wildman–Crippen MR) is 117 cm³/mol. The number of nitrogens with zero attached hydrogens (tertiary/aromatic N) is 3. The molecule has 2 aromatic carbocycles. The highest BCUT2D eigenvalue weighted by Crippen LogP contribution is 2.18. The van der Waals surface area contributed by atoms with Crippen LogP contribution in [0.1, 0.15) is 24.2 Å². The van der Waals surface area contributed by atoms with Gasteiger partial charge in [0.2, 0.25) is 0 Å². The molecule has 0 radical (unpaired) electrons. The number of nitrogens with one attached hydrogen (secondary N) is 1. The van der Waals surface area contributed by atoms with Crippen molar-refractivity contribution in [3.8, 4) is 5.69 Å². The molecule has 1 saturated heterocycles. The number of hydrogen-bond acceptors (Lipinski definition) is 3. The Balaban J connectivity index is 0.00000140. The molecule has 0 unspecified atom stereocenters. The molecule has 4 rings (SSSR count). The Labute approximate surface area is 177 Å². The minimum atomic E-state index is -0.0658. The van der Waals surface area contributed by atoms with Gasteiger partial charge in [0.1, 0.15) is 5.82 Å². The molecule has 0 amide bonds. The highest BCUT2D eigenvalue weighted by atomic mass is 35.5. The smallest absolute Gasteiger partial charge is 0.317 e. The first-order valence-corrected chi connectivity index (χ1v) is 9.30. The number of rotatable bonds is 5. The Kier molecular flexibility index (Phi) is 8.30. The van der Waals surface area contributed by atoms with E-state index >= 15 is 0 Å². The third-order valence-electron chi connectivity index (χ3n) is 5.03. The van der Waals surface area contributed by atoms with Crippen LogP contribution in [0.25, 0.3) is 5.69 Å². The van der Waals surface area contributed by atoms with E-state index in [-0.39, 0.29) is 30.5 Å². The number of para-hydroxylation sites is 1. The van der Waals surface area contributed by atoms with Gasteiger partial charge in [-0.05, 0) is 49.5 Å². The molecule has 2 heterocycles. The van der Waals surface area contributed by atoms with Crippen LogP contribution in [-0.2, 0) is 13.0 Å². The minimum absolute atomic E-state index is 0. The largest absolute Gasteiger partial charge is 0.350 e. The first kappa shape index (κ1) is 22.2. The molecule has 7 heteroatoms. The molecule has 1 aliphatic heterocycles. The van der Waals surface area contributed by atoms with Crippen LogP contribution in [-0.4, -0.2) is 27.4 Å². The average Bonchev–Trinajstić information content (AvgIpc) is 2.99.